The van der Waals surface area contributed by atoms with Crippen LogP contribution in [0.15, 0.2) is 34.9 Å². The Labute approximate surface area is 130 Å². The van der Waals surface area contributed by atoms with Gasteiger partial charge in [0.2, 0.25) is 0 Å². The quantitative estimate of drug-likeness (QED) is 0.832. The monoisotopic (exact) mass is 354 g/mol. The standard InChI is InChI=1S/C15H16BrFN2O2/c1-2-3-19-8-13(18)7-14(19)15(20)21-9-10-4-11(16)6-12(17)5-10/h4-8H,2-3,9,18H2,1H3. The highest BCUT2D eigenvalue weighted by atomic mass is 79.9. The summed E-state index contributed by atoms with van der Waals surface area (Å²) in [6.07, 6.45) is 2.59. The van der Waals surface area contributed by atoms with Gasteiger partial charge in [0.05, 0.1) is 5.69 Å². The molecule has 0 saturated carbocycles. The summed E-state index contributed by atoms with van der Waals surface area (Å²) < 4.78 is 20.8. The summed E-state index contributed by atoms with van der Waals surface area (Å²) >= 11 is 3.20. The Hall–Kier alpha value is -1.82. The lowest BCUT2D eigenvalue weighted by Gasteiger charge is -2.08. The first-order chi connectivity index (χ1) is 9.99. The van der Waals surface area contributed by atoms with E-state index in [9.17, 15) is 9.18 Å². The normalized spacial score (nSPS) is 10.6. The van der Waals surface area contributed by atoms with Crippen molar-refractivity contribution in [2.75, 3.05) is 5.73 Å². The molecule has 0 atom stereocenters. The number of hydrogen-bond donors (Lipinski definition) is 1. The van der Waals surface area contributed by atoms with Gasteiger partial charge in [-0.2, -0.15) is 0 Å². The van der Waals surface area contributed by atoms with Crippen molar-refractivity contribution in [1.29, 1.82) is 0 Å². The number of hydrogen-bond acceptors (Lipinski definition) is 3. The zero-order valence-electron chi connectivity index (χ0n) is 11.6. The van der Waals surface area contributed by atoms with E-state index < -0.39 is 5.97 Å². The van der Waals surface area contributed by atoms with Crippen molar-refractivity contribution in [3.8, 4) is 0 Å². The molecule has 0 spiro atoms. The summed E-state index contributed by atoms with van der Waals surface area (Å²) in [5.74, 6) is -0.852. The lowest BCUT2D eigenvalue weighted by molar-refractivity contribution is 0.0459. The van der Waals surface area contributed by atoms with E-state index in [0.717, 1.165) is 6.42 Å². The topological polar surface area (TPSA) is 57.2 Å². The number of ether oxygens (including phenoxy) is 1. The van der Waals surface area contributed by atoms with Crippen molar-refractivity contribution in [2.24, 2.45) is 0 Å². The molecule has 0 aliphatic carbocycles. The minimum absolute atomic E-state index is 0.00635. The molecular formula is C15H16BrFN2O2. The van der Waals surface area contributed by atoms with Crippen LogP contribution in [0.3, 0.4) is 0 Å². The van der Waals surface area contributed by atoms with Gasteiger partial charge in [-0.1, -0.05) is 22.9 Å². The number of carbonyl (C=O) groups excluding carboxylic acids is 1. The van der Waals surface area contributed by atoms with Gasteiger partial charge >= 0.3 is 5.97 Å². The highest BCUT2D eigenvalue weighted by Crippen LogP contribution is 2.17. The Morgan fingerprint density at radius 1 is 1.38 bits per heavy atom. The first kappa shape index (κ1) is 15.6. The molecule has 21 heavy (non-hydrogen) atoms. The van der Waals surface area contributed by atoms with Crippen LogP contribution in [0.25, 0.3) is 0 Å². The van der Waals surface area contributed by atoms with Crippen LogP contribution in [0.4, 0.5) is 10.1 Å². The van der Waals surface area contributed by atoms with E-state index in [1.54, 1.807) is 22.9 Å². The third-order valence-corrected chi connectivity index (χ3v) is 3.34. The molecule has 0 amide bonds. The number of nitrogens with zero attached hydrogens (tertiary/aromatic N) is 1. The van der Waals surface area contributed by atoms with E-state index in [4.69, 9.17) is 10.5 Å². The Morgan fingerprint density at radius 3 is 2.81 bits per heavy atom. The number of halogens is 2. The van der Waals surface area contributed by atoms with Gasteiger partial charge in [0.15, 0.2) is 0 Å². The highest BCUT2D eigenvalue weighted by Gasteiger charge is 2.14. The second-order valence-electron chi connectivity index (χ2n) is 4.71. The Balaban J connectivity index is 2.08. The lowest BCUT2D eigenvalue weighted by Crippen LogP contribution is -2.11. The number of aryl methyl sites for hydroxylation is 1. The SMILES string of the molecule is CCCn1cc(N)cc1C(=O)OCc1cc(F)cc(Br)c1. The smallest absolute Gasteiger partial charge is 0.355 e. The van der Waals surface area contributed by atoms with Gasteiger partial charge in [0.1, 0.15) is 18.1 Å². The second-order valence-corrected chi connectivity index (χ2v) is 5.62. The van der Waals surface area contributed by atoms with E-state index in [0.29, 0.717) is 28.0 Å². The Kier molecular flexibility index (Phi) is 5.01. The van der Waals surface area contributed by atoms with Crippen molar-refractivity contribution in [2.45, 2.75) is 26.5 Å². The van der Waals surface area contributed by atoms with Crippen LogP contribution in [0.5, 0.6) is 0 Å². The van der Waals surface area contributed by atoms with Crippen LogP contribution < -0.4 is 5.73 Å². The van der Waals surface area contributed by atoms with Crippen molar-refractivity contribution in [3.63, 3.8) is 0 Å². The van der Waals surface area contributed by atoms with Crippen molar-refractivity contribution >= 4 is 27.6 Å². The number of esters is 1. The zero-order chi connectivity index (χ0) is 15.4. The fraction of sp³-hybridized carbons (Fsp3) is 0.267. The lowest BCUT2D eigenvalue weighted by atomic mass is 10.2. The highest BCUT2D eigenvalue weighted by molar-refractivity contribution is 9.10. The largest absolute Gasteiger partial charge is 0.456 e. The molecule has 112 valence electrons. The summed E-state index contributed by atoms with van der Waals surface area (Å²) in [7, 11) is 0. The molecule has 4 nitrogen and oxygen atoms in total. The van der Waals surface area contributed by atoms with Gasteiger partial charge < -0.3 is 15.0 Å². The fourth-order valence-corrected chi connectivity index (χ4v) is 2.56. The van der Waals surface area contributed by atoms with E-state index in [2.05, 4.69) is 15.9 Å². The van der Waals surface area contributed by atoms with Crippen LogP contribution in [0, 0.1) is 5.82 Å². The molecular weight excluding hydrogens is 339 g/mol. The number of carbonyl (C=O) groups is 1. The maximum Gasteiger partial charge on any atom is 0.355 e. The van der Waals surface area contributed by atoms with Crippen molar-refractivity contribution < 1.29 is 13.9 Å². The molecule has 2 N–H and O–H groups in total. The van der Waals surface area contributed by atoms with E-state index in [1.165, 1.54) is 12.1 Å². The molecule has 0 radical (unpaired) electrons. The minimum atomic E-state index is -0.472. The summed E-state index contributed by atoms with van der Waals surface area (Å²) in [6, 6.07) is 5.96. The minimum Gasteiger partial charge on any atom is -0.456 e. The van der Waals surface area contributed by atoms with Gasteiger partial charge in [0, 0.05) is 17.2 Å². The van der Waals surface area contributed by atoms with Crippen molar-refractivity contribution in [3.05, 3.63) is 52.0 Å². The maximum absolute atomic E-state index is 13.3. The van der Waals surface area contributed by atoms with Gasteiger partial charge in [-0.3, -0.25) is 0 Å². The number of rotatable bonds is 5. The van der Waals surface area contributed by atoms with E-state index in [-0.39, 0.29) is 12.4 Å². The van der Waals surface area contributed by atoms with Crippen LogP contribution in [-0.4, -0.2) is 10.5 Å². The summed E-state index contributed by atoms with van der Waals surface area (Å²) in [5.41, 5.74) is 7.22. The predicted molar refractivity (Wildman–Crippen MR) is 82.4 cm³/mol. The van der Waals surface area contributed by atoms with E-state index in [1.807, 2.05) is 6.92 Å². The summed E-state index contributed by atoms with van der Waals surface area (Å²) in [5, 5.41) is 0. The summed E-state index contributed by atoms with van der Waals surface area (Å²) in [4.78, 5) is 12.1. The second kappa shape index (κ2) is 6.76. The van der Waals surface area contributed by atoms with Crippen LogP contribution in [0.1, 0.15) is 29.4 Å². The van der Waals surface area contributed by atoms with Gasteiger partial charge in [-0.25, -0.2) is 9.18 Å². The molecule has 2 rings (SSSR count). The molecule has 0 aliphatic heterocycles. The van der Waals surface area contributed by atoms with Gasteiger partial charge in [0.25, 0.3) is 0 Å². The first-order valence-corrected chi connectivity index (χ1v) is 7.36. The number of nitrogens with two attached hydrogens (primary N) is 1. The van der Waals surface area contributed by atoms with E-state index >= 15 is 0 Å². The molecule has 0 bridgehead atoms. The number of benzene rings is 1. The van der Waals surface area contributed by atoms with Gasteiger partial charge in [-0.15, -0.1) is 0 Å². The molecule has 1 aromatic heterocycles. The first-order valence-electron chi connectivity index (χ1n) is 6.57. The molecule has 2 aromatic rings. The average Bonchev–Trinajstić information content (AvgIpc) is 2.76. The van der Waals surface area contributed by atoms with Crippen LogP contribution in [0.2, 0.25) is 0 Å². The van der Waals surface area contributed by atoms with Crippen LogP contribution in [-0.2, 0) is 17.9 Å². The van der Waals surface area contributed by atoms with Crippen LogP contribution >= 0.6 is 15.9 Å². The number of anilines is 1. The molecule has 0 aliphatic rings. The maximum atomic E-state index is 13.3. The average molecular weight is 355 g/mol. The molecule has 1 heterocycles. The molecule has 0 saturated heterocycles. The Morgan fingerprint density at radius 2 is 2.14 bits per heavy atom. The fourth-order valence-electron chi connectivity index (χ4n) is 2.05. The summed E-state index contributed by atoms with van der Waals surface area (Å²) in [6.45, 7) is 2.70. The molecule has 6 heteroatoms. The number of nitrogen functional groups attached to an aromatic ring is 1. The molecule has 1 aromatic carbocycles. The molecule has 0 fully saturated rings. The third-order valence-electron chi connectivity index (χ3n) is 2.88. The predicted octanol–water partition coefficient (Wildman–Crippen LogP) is 3.74. The molecule has 0 unspecified atom stereocenters. The Bertz CT molecular complexity index is 635. The third kappa shape index (κ3) is 4.07. The van der Waals surface area contributed by atoms with Crippen molar-refractivity contribution in [1.82, 2.24) is 4.57 Å². The number of aromatic nitrogens is 1. The zero-order valence-corrected chi connectivity index (χ0v) is 13.2. The van der Waals surface area contributed by atoms with Gasteiger partial charge in [-0.05, 0) is 36.2 Å².